The summed E-state index contributed by atoms with van der Waals surface area (Å²) in [6, 6.07) is 9.40. The maximum Gasteiger partial charge on any atom is 0.146 e. The molecular weight excluding hydrogens is 299 g/mol. The van der Waals surface area contributed by atoms with Gasteiger partial charge in [0.25, 0.3) is 0 Å². The molecule has 0 aliphatic heterocycles. The van der Waals surface area contributed by atoms with E-state index in [1.807, 2.05) is 0 Å². The van der Waals surface area contributed by atoms with E-state index in [9.17, 15) is 9.50 Å². The minimum Gasteiger partial charge on any atom is -0.508 e. The number of aromatic hydroxyl groups is 1. The van der Waals surface area contributed by atoms with E-state index >= 15 is 0 Å². The molecule has 0 amide bonds. The molecule has 3 aromatic rings. The normalized spacial score (nSPS) is 11.0. The fraction of sp³-hybridized carbons (Fsp3) is 0. The second-order valence-electron chi connectivity index (χ2n) is 3.88. The number of benzene rings is 1. The highest BCUT2D eigenvalue weighted by molar-refractivity contribution is 9.10. The zero-order chi connectivity index (χ0) is 12.7. The van der Waals surface area contributed by atoms with E-state index in [4.69, 9.17) is 0 Å². The quantitative estimate of drug-likeness (QED) is 0.746. The van der Waals surface area contributed by atoms with Crippen molar-refractivity contribution in [3.8, 4) is 17.1 Å². The molecule has 0 saturated heterocycles. The molecule has 3 nitrogen and oxygen atoms in total. The third kappa shape index (κ3) is 1.76. The molecule has 3 rings (SSSR count). The minimum atomic E-state index is -0.306. The molecule has 2 aromatic heterocycles. The smallest absolute Gasteiger partial charge is 0.146 e. The highest BCUT2D eigenvalue weighted by Gasteiger charge is 2.11. The fourth-order valence-corrected chi connectivity index (χ4v) is 2.34. The van der Waals surface area contributed by atoms with Crippen LogP contribution in [0.25, 0.3) is 16.9 Å². The van der Waals surface area contributed by atoms with Gasteiger partial charge >= 0.3 is 0 Å². The van der Waals surface area contributed by atoms with Crippen molar-refractivity contribution < 1.29 is 9.50 Å². The molecule has 1 aromatic carbocycles. The molecule has 0 saturated carbocycles. The second-order valence-corrected chi connectivity index (χ2v) is 4.63. The average molecular weight is 307 g/mol. The largest absolute Gasteiger partial charge is 0.508 e. The monoisotopic (exact) mass is 306 g/mol. The number of halogens is 2. The molecular formula is C13H8BrFN2O. The predicted molar refractivity (Wildman–Crippen MR) is 70.0 cm³/mol. The lowest BCUT2D eigenvalue weighted by atomic mass is 10.2. The van der Waals surface area contributed by atoms with E-state index < -0.39 is 0 Å². The van der Waals surface area contributed by atoms with Crippen LogP contribution in [0.5, 0.6) is 5.75 Å². The molecule has 0 aliphatic carbocycles. The van der Waals surface area contributed by atoms with Gasteiger partial charge in [0.2, 0.25) is 0 Å². The van der Waals surface area contributed by atoms with Crippen LogP contribution in [-0.2, 0) is 0 Å². The summed E-state index contributed by atoms with van der Waals surface area (Å²) < 4.78 is 15.6. The molecule has 0 unspecified atom stereocenters. The van der Waals surface area contributed by atoms with Gasteiger partial charge in [0, 0.05) is 17.8 Å². The van der Waals surface area contributed by atoms with Crippen molar-refractivity contribution in [3.63, 3.8) is 0 Å². The molecule has 90 valence electrons. The van der Waals surface area contributed by atoms with Gasteiger partial charge in [0.15, 0.2) is 0 Å². The van der Waals surface area contributed by atoms with E-state index in [1.165, 1.54) is 12.1 Å². The number of rotatable bonds is 1. The first-order valence-electron chi connectivity index (χ1n) is 5.27. The Bertz CT molecular complexity index is 739. The van der Waals surface area contributed by atoms with Gasteiger partial charge in [-0.15, -0.1) is 0 Å². The summed E-state index contributed by atoms with van der Waals surface area (Å²) in [6.45, 7) is 0. The molecule has 0 radical (unpaired) electrons. The Hall–Kier alpha value is -1.88. The molecule has 18 heavy (non-hydrogen) atoms. The Balaban J connectivity index is 2.30. The Morgan fingerprint density at radius 1 is 1.22 bits per heavy atom. The van der Waals surface area contributed by atoms with E-state index in [-0.39, 0.29) is 11.6 Å². The van der Waals surface area contributed by atoms with Gasteiger partial charge in [-0.3, -0.25) is 4.40 Å². The lowest BCUT2D eigenvalue weighted by Gasteiger charge is -2.01. The first kappa shape index (κ1) is 11.2. The van der Waals surface area contributed by atoms with Crippen LogP contribution in [0, 0.1) is 5.82 Å². The first-order valence-corrected chi connectivity index (χ1v) is 6.07. The Labute approximate surface area is 111 Å². The van der Waals surface area contributed by atoms with E-state index in [0.717, 1.165) is 5.52 Å². The van der Waals surface area contributed by atoms with E-state index in [2.05, 4.69) is 20.9 Å². The van der Waals surface area contributed by atoms with Gasteiger partial charge in [-0.25, -0.2) is 9.37 Å². The number of fused-ring (bicyclic) bond motifs is 1. The summed E-state index contributed by atoms with van der Waals surface area (Å²) in [7, 11) is 0. The van der Waals surface area contributed by atoms with Crippen LogP contribution in [0.3, 0.4) is 0 Å². The number of hydrogen-bond donors (Lipinski definition) is 1. The zero-order valence-electron chi connectivity index (χ0n) is 9.14. The lowest BCUT2D eigenvalue weighted by molar-refractivity contribution is 0.475. The fourth-order valence-electron chi connectivity index (χ4n) is 1.87. The molecule has 0 spiro atoms. The third-order valence-corrected chi connectivity index (χ3v) is 3.25. The lowest BCUT2D eigenvalue weighted by Crippen LogP contribution is -1.89. The average Bonchev–Trinajstić information content (AvgIpc) is 2.67. The summed E-state index contributed by atoms with van der Waals surface area (Å²) in [5, 5.41) is 9.46. The maximum atomic E-state index is 13.2. The summed E-state index contributed by atoms with van der Waals surface area (Å²) >= 11 is 3.33. The van der Waals surface area contributed by atoms with Crippen molar-refractivity contribution >= 4 is 21.4 Å². The van der Waals surface area contributed by atoms with Crippen LogP contribution >= 0.6 is 15.9 Å². The number of pyridine rings is 1. The van der Waals surface area contributed by atoms with Gasteiger partial charge in [-0.1, -0.05) is 12.1 Å². The van der Waals surface area contributed by atoms with Crippen molar-refractivity contribution in [3.05, 3.63) is 53.0 Å². The van der Waals surface area contributed by atoms with Gasteiger partial charge in [-0.2, -0.15) is 0 Å². The van der Waals surface area contributed by atoms with Gasteiger partial charge < -0.3 is 5.11 Å². The van der Waals surface area contributed by atoms with E-state index in [1.54, 1.807) is 34.9 Å². The van der Waals surface area contributed by atoms with E-state index in [0.29, 0.717) is 16.0 Å². The maximum absolute atomic E-state index is 13.2. The van der Waals surface area contributed by atoms with Crippen LogP contribution < -0.4 is 0 Å². The summed E-state index contributed by atoms with van der Waals surface area (Å²) in [4.78, 5) is 4.34. The number of aromatic nitrogens is 2. The van der Waals surface area contributed by atoms with Gasteiger partial charge in [0.1, 0.15) is 22.0 Å². The zero-order valence-corrected chi connectivity index (χ0v) is 10.7. The van der Waals surface area contributed by atoms with Crippen LogP contribution in [0.15, 0.2) is 47.2 Å². The SMILES string of the molecule is Oc1ccn2c(-c3cccc(F)c3)nc(Br)c2c1. The molecule has 0 fully saturated rings. The minimum absolute atomic E-state index is 0.161. The Morgan fingerprint density at radius 3 is 2.83 bits per heavy atom. The molecule has 5 heteroatoms. The Kier molecular flexibility index (Phi) is 2.56. The third-order valence-electron chi connectivity index (χ3n) is 2.66. The van der Waals surface area contributed by atoms with Crippen molar-refractivity contribution in [1.82, 2.24) is 9.38 Å². The van der Waals surface area contributed by atoms with Crippen molar-refractivity contribution in [1.29, 1.82) is 0 Å². The number of imidazole rings is 1. The van der Waals surface area contributed by atoms with Crippen molar-refractivity contribution in [2.24, 2.45) is 0 Å². The van der Waals surface area contributed by atoms with Gasteiger partial charge in [-0.05, 0) is 34.1 Å². The molecule has 0 aliphatic rings. The topological polar surface area (TPSA) is 37.5 Å². The highest BCUT2D eigenvalue weighted by Crippen LogP contribution is 2.28. The van der Waals surface area contributed by atoms with Crippen LogP contribution in [-0.4, -0.2) is 14.5 Å². The molecule has 0 bridgehead atoms. The molecule has 1 N–H and O–H groups in total. The first-order chi connectivity index (χ1) is 8.65. The number of nitrogens with zero attached hydrogens (tertiary/aromatic N) is 2. The molecule has 2 heterocycles. The summed E-state index contributed by atoms with van der Waals surface area (Å²) in [5.41, 5.74) is 1.41. The van der Waals surface area contributed by atoms with Gasteiger partial charge in [0.05, 0.1) is 5.52 Å². The predicted octanol–water partition coefficient (Wildman–Crippen LogP) is 3.61. The standard InChI is InChI=1S/C13H8BrFN2O/c14-12-11-7-10(18)4-5-17(11)13(16-12)8-2-1-3-9(15)6-8/h1-7,18H. The van der Waals surface area contributed by atoms with Crippen LogP contribution in [0.1, 0.15) is 0 Å². The second kappa shape index (κ2) is 4.10. The summed E-state index contributed by atoms with van der Waals surface area (Å²) in [6.07, 6.45) is 1.70. The molecule has 0 atom stereocenters. The summed E-state index contributed by atoms with van der Waals surface area (Å²) in [5.74, 6) is 0.476. The van der Waals surface area contributed by atoms with Crippen LogP contribution in [0.4, 0.5) is 4.39 Å². The Morgan fingerprint density at radius 2 is 2.06 bits per heavy atom. The highest BCUT2D eigenvalue weighted by atomic mass is 79.9. The van der Waals surface area contributed by atoms with Crippen LogP contribution in [0.2, 0.25) is 0 Å². The van der Waals surface area contributed by atoms with Crippen molar-refractivity contribution in [2.45, 2.75) is 0 Å². The van der Waals surface area contributed by atoms with Crippen molar-refractivity contribution in [2.75, 3.05) is 0 Å². The number of hydrogen-bond acceptors (Lipinski definition) is 2.